The first-order chi connectivity index (χ1) is 12.1. The minimum absolute atomic E-state index is 0.208. The number of benzene rings is 1. The van der Waals surface area contributed by atoms with E-state index in [2.05, 4.69) is 15.4 Å². The van der Waals surface area contributed by atoms with Crippen molar-refractivity contribution >= 4 is 6.03 Å². The van der Waals surface area contributed by atoms with E-state index < -0.39 is 0 Å². The van der Waals surface area contributed by atoms with Crippen molar-refractivity contribution in [1.29, 1.82) is 0 Å². The Hall–Kier alpha value is -3.22. The van der Waals surface area contributed by atoms with E-state index in [1.807, 2.05) is 24.4 Å². The first-order valence-corrected chi connectivity index (χ1v) is 7.80. The van der Waals surface area contributed by atoms with Crippen molar-refractivity contribution in [3.8, 4) is 5.82 Å². The monoisotopic (exact) mass is 339 g/mol. The highest BCUT2D eigenvalue weighted by molar-refractivity contribution is 5.73. The van der Waals surface area contributed by atoms with Crippen LogP contribution in [0.25, 0.3) is 5.82 Å². The smallest absolute Gasteiger partial charge is 0.317 e. The van der Waals surface area contributed by atoms with Gasteiger partial charge in [0.2, 0.25) is 0 Å². The Balaban J connectivity index is 1.52. The summed E-state index contributed by atoms with van der Waals surface area (Å²) in [5, 5.41) is 6.95. The normalized spacial score (nSPS) is 10.5. The molecule has 2 heterocycles. The number of amides is 2. The number of carbonyl (C=O) groups is 1. The fraction of sp³-hybridized carbons (Fsp3) is 0.167. The summed E-state index contributed by atoms with van der Waals surface area (Å²) >= 11 is 0. The molecule has 25 heavy (non-hydrogen) atoms. The lowest BCUT2D eigenvalue weighted by Gasteiger charge is -2.18. The topological polar surface area (TPSA) is 63.1 Å². The summed E-state index contributed by atoms with van der Waals surface area (Å²) in [5.41, 5.74) is 1.75. The van der Waals surface area contributed by atoms with Gasteiger partial charge in [0.25, 0.3) is 0 Å². The molecule has 2 aromatic heterocycles. The number of rotatable bonds is 5. The van der Waals surface area contributed by atoms with Crippen LogP contribution < -0.4 is 5.32 Å². The van der Waals surface area contributed by atoms with E-state index in [1.54, 1.807) is 41.2 Å². The van der Waals surface area contributed by atoms with E-state index in [0.717, 1.165) is 11.1 Å². The first-order valence-electron chi connectivity index (χ1n) is 7.80. The van der Waals surface area contributed by atoms with Crippen molar-refractivity contribution < 1.29 is 9.18 Å². The molecule has 7 heteroatoms. The maximum atomic E-state index is 12.9. The predicted octanol–water partition coefficient (Wildman–Crippen LogP) is 2.75. The zero-order chi connectivity index (χ0) is 17.6. The summed E-state index contributed by atoms with van der Waals surface area (Å²) in [5.74, 6) is 0.426. The van der Waals surface area contributed by atoms with Crippen LogP contribution in [0.1, 0.15) is 11.1 Å². The van der Waals surface area contributed by atoms with Crippen LogP contribution in [0.5, 0.6) is 0 Å². The Morgan fingerprint density at radius 2 is 1.96 bits per heavy atom. The number of hydrogen-bond donors (Lipinski definition) is 1. The number of nitrogens with zero attached hydrogens (tertiary/aromatic N) is 4. The molecule has 0 aliphatic rings. The minimum atomic E-state index is -0.290. The van der Waals surface area contributed by atoms with Crippen LogP contribution in [0.4, 0.5) is 9.18 Å². The van der Waals surface area contributed by atoms with Gasteiger partial charge in [-0.1, -0.05) is 18.2 Å². The Morgan fingerprint density at radius 3 is 2.60 bits per heavy atom. The van der Waals surface area contributed by atoms with Crippen molar-refractivity contribution in [3.63, 3.8) is 0 Å². The van der Waals surface area contributed by atoms with Gasteiger partial charge in [-0.2, -0.15) is 5.10 Å². The molecule has 0 aliphatic heterocycles. The standard InChI is InChI=1S/C18H18FN5O/c1-23(13-14-3-6-16(19)7-4-14)18(25)21-12-15-5-8-17(20-11-15)24-10-2-9-22-24/h2-11H,12-13H2,1H3,(H,21,25). The van der Waals surface area contributed by atoms with E-state index in [0.29, 0.717) is 18.9 Å². The molecule has 0 aliphatic carbocycles. The average molecular weight is 339 g/mol. The molecule has 1 N–H and O–H groups in total. The number of aromatic nitrogens is 3. The van der Waals surface area contributed by atoms with Gasteiger partial charge >= 0.3 is 6.03 Å². The lowest BCUT2D eigenvalue weighted by atomic mass is 10.2. The second-order valence-corrected chi connectivity index (χ2v) is 5.62. The molecule has 0 spiro atoms. The van der Waals surface area contributed by atoms with E-state index in [4.69, 9.17) is 0 Å². The molecule has 1 aromatic carbocycles. The van der Waals surface area contributed by atoms with Crippen molar-refractivity contribution in [1.82, 2.24) is 25.0 Å². The summed E-state index contributed by atoms with van der Waals surface area (Å²) < 4.78 is 14.6. The molecular formula is C18H18FN5O. The van der Waals surface area contributed by atoms with Crippen LogP contribution in [0.15, 0.2) is 61.1 Å². The van der Waals surface area contributed by atoms with Crippen LogP contribution in [0.3, 0.4) is 0 Å². The molecule has 0 bridgehead atoms. The summed E-state index contributed by atoms with van der Waals surface area (Å²) in [6.07, 6.45) is 5.21. The number of nitrogens with one attached hydrogen (secondary N) is 1. The van der Waals surface area contributed by atoms with E-state index in [9.17, 15) is 9.18 Å². The van der Waals surface area contributed by atoms with Crippen molar-refractivity contribution in [2.24, 2.45) is 0 Å². The molecule has 128 valence electrons. The Bertz CT molecular complexity index is 816. The second-order valence-electron chi connectivity index (χ2n) is 5.62. The Labute approximate surface area is 144 Å². The largest absolute Gasteiger partial charge is 0.334 e. The van der Waals surface area contributed by atoms with Gasteiger partial charge in [0.15, 0.2) is 5.82 Å². The third-order valence-corrected chi connectivity index (χ3v) is 3.67. The lowest BCUT2D eigenvalue weighted by Crippen LogP contribution is -2.36. The van der Waals surface area contributed by atoms with Crippen molar-refractivity contribution in [3.05, 3.63) is 78.0 Å². The minimum Gasteiger partial charge on any atom is -0.334 e. The van der Waals surface area contributed by atoms with Crippen molar-refractivity contribution in [2.75, 3.05) is 7.05 Å². The van der Waals surface area contributed by atoms with Crippen LogP contribution >= 0.6 is 0 Å². The van der Waals surface area contributed by atoms with E-state index in [1.165, 1.54) is 12.1 Å². The number of hydrogen-bond acceptors (Lipinski definition) is 3. The molecule has 3 rings (SSSR count). The van der Waals surface area contributed by atoms with Gasteiger partial charge in [-0.15, -0.1) is 0 Å². The predicted molar refractivity (Wildman–Crippen MR) is 91.5 cm³/mol. The van der Waals surface area contributed by atoms with Crippen molar-refractivity contribution in [2.45, 2.75) is 13.1 Å². The first kappa shape index (κ1) is 16.6. The third kappa shape index (κ3) is 4.41. The van der Waals surface area contributed by atoms with Crippen LogP contribution in [-0.2, 0) is 13.1 Å². The highest BCUT2D eigenvalue weighted by Crippen LogP contribution is 2.07. The van der Waals surface area contributed by atoms with E-state index in [-0.39, 0.29) is 11.8 Å². The zero-order valence-corrected chi connectivity index (χ0v) is 13.8. The molecule has 0 atom stereocenters. The van der Waals surface area contributed by atoms with Crippen LogP contribution in [0, 0.1) is 5.82 Å². The zero-order valence-electron chi connectivity index (χ0n) is 13.8. The molecule has 6 nitrogen and oxygen atoms in total. The molecule has 0 saturated heterocycles. The summed E-state index contributed by atoms with van der Waals surface area (Å²) in [6.45, 7) is 0.779. The average Bonchev–Trinajstić information content (AvgIpc) is 3.16. The van der Waals surface area contributed by atoms with Crippen LogP contribution in [0.2, 0.25) is 0 Å². The molecule has 0 unspecified atom stereocenters. The maximum Gasteiger partial charge on any atom is 0.317 e. The fourth-order valence-corrected chi connectivity index (χ4v) is 2.31. The fourth-order valence-electron chi connectivity index (χ4n) is 2.31. The van der Waals surface area contributed by atoms with Gasteiger partial charge < -0.3 is 10.2 Å². The van der Waals surface area contributed by atoms with E-state index >= 15 is 0 Å². The number of halogens is 1. The third-order valence-electron chi connectivity index (χ3n) is 3.67. The number of pyridine rings is 1. The van der Waals surface area contributed by atoms with Gasteiger partial charge in [-0.05, 0) is 35.4 Å². The number of carbonyl (C=O) groups excluding carboxylic acids is 1. The van der Waals surface area contributed by atoms with Gasteiger partial charge in [-0.25, -0.2) is 18.9 Å². The second kappa shape index (κ2) is 7.57. The highest BCUT2D eigenvalue weighted by Gasteiger charge is 2.09. The Kier molecular flexibility index (Phi) is 5.03. The summed E-state index contributed by atoms with van der Waals surface area (Å²) in [7, 11) is 1.69. The van der Waals surface area contributed by atoms with Gasteiger partial charge in [-0.3, -0.25) is 0 Å². The summed E-state index contributed by atoms with van der Waals surface area (Å²) in [6, 6.07) is 11.4. The van der Waals surface area contributed by atoms with Gasteiger partial charge in [0.05, 0.1) is 0 Å². The lowest BCUT2D eigenvalue weighted by molar-refractivity contribution is 0.206. The molecule has 3 aromatic rings. The number of urea groups is 1. The molecule has 2 amide bonds. The van der Waals surface area contributed by atoms with Gasteiger partial charge in [0, 0.05) is 38.7 Å². The maximum absolute atomic E-state index is 12.9. The Morgan fingerprint density at radius 1 is 1.20 bits per heavy atom. The molecule has 0 fully saturated rings. The SMILES string of the molecule is CN(Cc1ccc(F)cc1)C(=O)NCc1ccc(-n2cccn2)nc1. The molecule has 0 radical (unpaired) electrons. The van der Waals surface area contributed by atoms with Crippen LogP contribution in [-0.4, -0.2) is 32.7 Å². The summed E-state index contributed by atoms with van der Waals surface area (Å²) in [4.78, 5) is 18.0. The molecular weight excluding hydrogens is 321 g/mol. The molecule has 0 saturated carbocycles. The quantitative estimate of drug-likeness (QED) is 0.777. The highest BCUT2D eigenvalue weighted by atomic mass is 19.1. The van der Waals surface area contributed by atoms with Gasteiger partial charge in [0.1, 0.15) is 5.82 Å².